The van der Waals surface area contributed by atoms with Crippen LogP contribution in [0.25, 0.3) is 0 Å². The summed E-state index contributed by atoms with van der Waals surface area (Å²) in [6, 6.07) is 2.81. The van der Waals surface area contributed by atoms with Gasteiger partial charge in [-0.3, -0.25) is 0 Å². The molecule has 0 aliphatic carbocycles. The van der Waals surface area contributed by atoms with Crippen LogP contribution in [-0.2, 0) is 0 Å². The van der Waals surface area contributed by atoms with Gasteiger partial charge in [0.2, 0.25) is 0 Å². The monoisotopic (exact) mass is 167 g/mol. The van der Waals surface area contributed by atoms with Crippen molar-refractivity contribution in [3.63, 3.8) is 0 Å². The van der Waals surface area contributed by atoms with E-state index < -0.39 is 4.92 Å². The molecule has 1 aromatic rings. The van der Waals surface area contributed by atoms with Crippen LogP contribution in [0.15, 0.2) is 18.3 Å². The number of nitrogens with zero attached hydrogens (tertiary/aromatic N) is 2. The highest BCUT2D eigenvalue weighted by Crippen LogP contribution is 2.11. The number of aromatic nitrogens is 1. The van der Waals surface area contributed by atoms with Crippen LogP contribution in [0.5, 0.6) is 0 Å². The Morgan fingerprint density at radius 3 is 2.67 bits per heavy atom. The third-order valence-electron chi connectivity index (χ3n) is 1.48. The van der Waals surface area contributed by atoms with Gasteiger partial charge in [-0.2, -0.15) is 0 Å². The number of nitro groups is 1. The van der Waals surface area contributed by atoms with Crippen LogP contribution in [0.1, 0.15) is 18.5 Å². The van der Waals surface area contributed by atoms with Crippen LogP contribution in [0, 0.1) is 10.1 Å². The standard InChI is InChI=1S/C7H9N3O2/c1-5(8)6-2-3-7(9-4-6)10(11)12/h2-5H,8H2,1H3/t5-/m0/s1. The van der Waals surface area contributed by atoms with Crippen LogP contribution >= 0.6 is 0 Å². The zero-order valence-electron chi connectivity index (χ0n) is 6.60. The summed E-state index contributed by atoms with van der Waals surface area (Å²) in [5, 5.41) is 10.2. The van der Waals surface area contributed by atoms with E-state index in [1.807, 2.05) is 0 Å². The van der Waals surface area contributed by atoms with Gasteiger partial charge in [-0.25, -0.2) is 0 Å². The van der Waals surface area contributed by atoms with Crippen molar-refractivity contribution in [1.29, 1.82) is 0 Å². The molecule has 0 aliphatic rings. The van der Waals surface area contributed by atoms with Crippen molar-refractivity contribution in [2.24, 2.45) is 5.73 Å². The van der Waals surface area contributed by atoms with Crippen molar-refractivity contribution in [3.8, 4) is 0 Å². The van der Waals surface area contributed by atoms with Crippen molar-refractivity contribution in [2.75, 3.05) is 0 Å². The molecule has 1 heterocycles. The van der Waals surface area contributed by atoms with E-state index in [2.05, 4.69) is 4.98 Å². The Labute approximate surface area is 69.4 Å². The van der Waals surface area contributed by atoms with E-state index in [1.165, 1.54) is 12.3 Å². The summed E-state index contributed by atoms with van der Waals surface area (Å²) < 4.78 is 0. The molecule has 1 rings (SSSR count). The molecule has 0 saturated heterocycles. The van der Waals surface area contributed by atoms with E-state index in [4.69, 9.17) is 5.73 Å². The molecule has 0 fully saturated rings. The maximum absolute atomic E-state index is 10.2. The summed E-state index contributed by atoms with van der Waals surface area (Å²) in [6.45, 7) is 1.79. The van der Waals surface area contributed by atoms with Gasteiger partial charge >= 0.3 is 5.82 Å². The second-order valence-electron chi connectivity index (χ2n) is 2.50. The first-order valence-corrected chi connectivity index (χ1v) is 3.47. The lowest BCUT2D eigenvalue weighted by Gasteiger charge is -2.00. The summed E-state index contributed by atoms with van der Waals surface area (Å²) in [5.74, 6) is -0.153. The van der Waals surface area contributed by atoms with E-state index in [0.717, 1.165) is 5.56 Å². The maximum atomic E-state index is 10.2. The number of hydrogen-bond donors (Lipinski definition) is 1. The minimum absolute atomic E-state index is 0.140. The van der Waals surface area contributed by atoms with Crippen molar-refractivity contribution in [3.05, 3.63) is 34.0 Å². The minimum atomic E-state index is -0.537. The van der Waals surface area contributed by atoms with Crippen LogP contribution < -0.4 is 5.73 Å². The molecule has 5 heteroatoms. The first kappa shape index (κ1) is 8.61. The SMILES string of the molecule is C[C@H](N)c1ccc([N+](=O)[O-])nc1. The lowest BCUT2D eigenvalue weighted by molar-refractivity contribution is -0.389. The van der Waals surface area contributed by atoms with Crippen LogP contribution in [-0.4, -0.2) is 9.91 Å². The molecule has 1 atom stereocenters. The number of rotatable bonds is 2. The lowest BCUT2D eigenvalue weighted by Crippen LogP contribution is -2.05. The summed E-state index contributed by atoms with van der Waals surface area (Å²) >= 11 is 0. The third-order valence-corrected chi connectivity index (χ3v) is 1.48. The van der Waals surface area contributed by atoms with Gasteiger partial charge in [0, 0.05) is 17.7 Å². The number of nitrogens with two attached hydrogens (primary N) is 1. The Bertz CT molecular complexity index is 281. The van der Waals surface area contributed by atoms with E-state index >= 15 is 0 Å². The lowest BCUT2D eigenvalue weighted by atomic mass is 10.2. The summed E-state index contributed by atoms with van der Waals surface area (Å²) in [5.41, 5.74) is 6.32. The van der Waals surface area contributed by atoms with Gasteiger partial charge in [-0.1, -0.05) is 0 Å². The molecule has 0 radical (unpaired) electrons. The van der Waals surface area contributed by atoms with Crippen molar-refractivity contribution < 1.29 is 4.92 Å². The van der Waals surface area contributed by atoms with E-state index in [1.54, 1.807) is 13.0 Å². The van der Waals surface area contributed by atoms with Crippen LogP contribution in [0.2, 0.25) is 0 Å². The molecule has 0 amide bonds. The fourth-order valence-corrected chi connectivity index (χ4v) is 0.775. The first-order chi connectivity index (χ1) is 5.61. The Kier molecular flexibility index (Phi) is 2.35. The molecule has 12 heavy (non-hydrogen) atoms. The smallest absolute Gasteiger partial charge is 0.358 e. The molecule has 0 bridgehead atoms. The molecule has 0 aliphatic heterocycles. The third kappa shape index (κ3) is 1.76. The molecule has 0 saturated carbocycles. The fourth-order valence-electron chi connectivity index (χ4n) is 0.775. The zero-order chi connectivity index (χ0) is 9.14. The van der Waals surface area contributed by atoms with Crippen LogP contribution in [0.3, 0.4) is 0 Å². The molecule has 1 aromatic heterocycles. The highest BCUT2D eigenvalue weighted by Gasteiger charge is 2.07. The summed E-state index contributed by atoms with van der Waals surface area (Å²) in [7, 11) is 0. The molecular formula is C7H9N3O2. The van der Waals surface area contributed by atoms with Gasteiger partial charge in [0.1, 0.15) is 6.20 Å². The summed E-state index contributed by atoms with van der Waals surface area (Å²) in [6.07, 6.45) is 1.42. The zero-order valence-corrected chi connectivity index (χ0v) is 6.60. The molecule has 2 N–H and O–H groups in total. The number of pyridine rings is 1. The Morgan fingerprint density at radius 1 is 1.67 bits per heavy atom. The Morgan fingerprint density at radius 2 is 2.33 bits per heavy atom. The second kappa shape index (κ2) is 3.27. The molecule has 0 aromatic carbocycles. The predicted octanol–water partition coefficient (Wildman–Crippen LogP) is 1.01. The van der Waals surface area contributed by atoms with E-state index in [-0.39, 0.29) is 11.9 Å². The fraction of sp³-hybridized carbons (Fsp3) is 0.286. The Balaban J connectivity index is 2.93. The summed E-state index contributed by atoms with van der Waals surface area (Å²) in [4.78, 5) is 13.3. The van der Waals surface area contributed by atoms with Gasteiger partial charge in [0.15, 0.2) is 0 Å². The molecule has 64 valence electrons. The topological polar surface area (TPSA) is 82.0 Å². The maximum Gasteiger partial charge on any atom is 0.363 e. The predicted molar refractivity (Wildman–Crippen MR) is 43.5 cm³/mol. The first-order valence-electron chi connectivity index (χ1n) is 3.47. The van der Waals surface area contributed by atoms with Crippen molar-refractivity contribution in [1.82, 2.24) is 4.98 Å². The van der Waals surface area contributed by atoms with Gasteiger partial charge < -0.3 is 15.8 Å². The largest absolute Gasteiger partial charge is 0.363 e. The highest BCUT2D eigenvalue weighted by atomic mass is 16.6. The van der Waals surface area contributed by atoms with Crippen LogP contribution in [0.4, 0.5) is 5.82 Å². The van der Waals surface area contributed by atoms with Gasteiger partial charge in [0.05, 0.1) is 0 Å². The molecule has 0 spiro atoms. The van der Waals surface area contributed by atoms with E-state index in [9.17, 15) is 10.1 Å². The minimum Gasteiger partial charge on any atom is -0.358 e. The number of hydrogen-bond acceptors (Lipinski definition) is 4. The quantitative estimate of drug-likeness (QED) is 0.526. The average molecular weight is 167 g/mol. The van der Waals surface area contributed by atoms with Crippen molar-refractivity contribution >= 4 is 5.82 Å². The van der Waals surface area contributed by atoms with Crippen molar-refractivity contribution in [2.45, 2.75) is 13.0 Å². The molecule has 5 nitrogen and oxygen atoms in total. The Hall–Kier alpha value is -1.49. The highest BCUT2D eigenvalue weighted by molar-refractivity contribution is 5.24. The van der Waals surface area contributed by atoms with E-state index in [0.29, 0.717) is 0 Å². The molecule has 0 unspecified atom stereocenters. The second-order valence-corrected chi connectivity index (χ2v) is 2.50. The van der Waals surface area contributed by atoms with Gasteiger partial charge in [0.25, 0.3) is 0 Å². The van der Waals surface area contributed by atoms with Gasteiger partial charge in [-0.15, -0.1) is 0 Å². The van der Waals surface area contributed by atoms with Gasteiger partial charge in [-0.05, 0) is 22.9 Å². The average Bonchev–Trinajstić information content (AvgIpc) is 2.04. The normalized spacial score (nSPS) is 12.5. The molecular weight excluding hydrogens is 158 g/mol.